The molecule has 1 aromatic carbocycles. The minimum absolute atomic E-state index is 0.313. The topological polar surface area (TPSA) is 84.9 Å². The summed E-state index contributed by atoms with van der Waals surface area (Å²) in [4.78, 5) is 23.5. The molecule has 0 bridgehead atoms. The fraction of sp³-hybridized carbons (Fsp3) is 0.579. The van der Waals surface area contributed by atoms with Gasteiger partial charge in [-0.1, -0.05) is 25.8 Å². The first kappa shape index (κ1) is 19.1. The fourth-order valence-electron chi connectivity index (χ4n) is 2.69. The number of nitrogens with one attached hydrogen (secondary N) is 1. The normalized spacial score (nSPS) is 16.0. The Hall–Kier alpha value is -2.24. The summed E-state index contributed by atoms with van der Waals surface area (Å²) >= 11 is 0. The number of unbranched alkanes of at least 4 members (excludes halogenated alkanes) is 2. The molecule has 1 aromatic rings. The monoisotopic (exact) mass is 349 g/mol. The SMILES string of the molecule is CCCCCOc1ccc(C(C)NC(=O)C2(C(=O)O)CC2)cc1OC. The van der Waals surface area contributed by atoms with E-state index < -0.39 is 17.3 Å². The molecule has 1 aliphatic rings. The molecule has 138 valence electrons. The van der Waals surface area contributed by atoms with Crippen LogP contribution < -0.4 is 14.8 Å². The number of carbonyl (C=O) groups excluding carboxylic acids is 1. The predicted octanol–water partition coefficient (Wildman–Crippen LogP) is 3.31. The number of aliphatic carboxylic acids is 1. The fourth-order valence-corrected chi connectivity index (χ4v) is 2.69. The second kappa shape index (κ2) is 8.23. The lowest BCUT2D eigenvalue weighted by Gasteiger charge is -2.19. The molecule has 25 heavy (non-hydrogen) atoms. The lowest BCUT2D eigenvalue weighted by Crippen LogP contribution is -2.38. The highest BCUT2D eigenvalue weighted by Gasteiger charge is 2.57. The van der Waals surface area contributed by atoms with Gasteiger partial charge in [0, 0.05) is 0 Å². The zero-order chi connectivity index (χ0) is 18.4. The number of benzene rings is 1. The van der Waals surface area contributed by atoms with Gasteiger partial charge >= 0.3 is 5.97 Å². The highest BCUT2D eigenvalue weighted by Crippen LogP contribution is 2.46. The molecule has 1 atom stereocenters. The van der Waals surface area contributed by atoms with E-state index in [-0.39, 0.29) is 6.04 Å². The minimum Gasteiger partial charge on any atom is -0.493 e. The van der Waals surface area contributed by atoms with Gasteiger partial charge in [-0.05, 0) is 43.9 Å². The molecule has 1 amide bonds. The summed E-state index contributed by atoms with van der Waals surface area (Å²) in [6, 6.07) is 5.20. The summed E-state index contributed by atoms with van der Waals surface area (Å²) in [5.41, 5.74) is -0.395. The summed E-state index contributed by atoms with van der Waals surface area (Å²) in [6.07, 6.45) is 4.04. The van der Waals surface area contributed by atoms with Gasteiger partial charge in [-0.3, -0.25) is 9.59 Å². The molecule has 0 spiro atoms. The van der Waals surface area contributed by atoms with E-state index >= 15 is 0 Å². The summed E-state index contributed by atoms with van der Waals surface area (Å²) in [6.45, 7) is 4.60. The molecule has 1 unspecified atom stereocenters. The lowest BCUT2D eigenvalue weighted by molar-refractivity contribution is -0.149. The molecule has 0 saturated heterocycles. The highest BCUT2D eigenvalue weighted by atomic mass is 16.5. The van der Waals surface area contributed by atoms with E-state index in [9.17, 15) is 14.7 Å². The highest BCUT2D eigenvalue weighted by molar-refractivity contribution is 6.04. The van der Waals surface area contributed by atoms with Crippen LogP contribution in [0.4, 0.5) is 0 Å². The van der Waals surface area contributed by atoms with Crippen molar-refractivity contribution in [2.45, 2.75) is 52.0 Å². The third kappa shape index (κ3) is 4.44. The van der Waals surface area contributed by atoms with Gasteiger partial charge in [0.05, 0.1) is 19.8 Å². The van der Waals surface area contributed by atoms with Crippen molar-refractivity contribution in [3.8, 4) is 11.5 Å². The van der Waals surface area contributed by atoms with Crippen LogP contribution in [0.25, 0.3) is 0 Å². The smallest absolute Gasteiger partial charge is 0.319 e. The Morgan fingerprint density at radius 1 is 1.28 bits per heavy atom. The van der Waals surface area contributed by atoms with Gasteiger partial charge < -0.3 is 19.9 Å². The number of rotatable bonds is 10. The van der Waals surface area contributed by atoms with Crippen molar-refractivity contribution >= 4 is 11.9 Å². The Morgan fingerprint density at radius 3 is 2.56 bits per heavy atom. The molecular weight excluding hydrogens is 322 g/mol. The number of carboxylic acid groups (broad SMARTS) is 1. The Kier molecular flexibility index (Phi) is 6.28. The Labute approximate surface area is 148 Å². The summed E-state index contributed by atoms with van der Waals surface area (Å²) < 4.78 is 11.1. The second-order valence-electron chi connectivity index (χ2n) is 6.55. The first-order valence-corrected chi connectivity index (χ1v) is 8.79. The maximum atomic E-state index is 12.2. The van der Waals surface area contributed by atoms with E-state index in [0.29, 0.717) is 30.9 Å². The van der Waals surface area contributed by atoms with Crippen LogP contribution in [-0.2, 0) is 9.59 Å². The zero-order valence-corrected chi connectivity index (χ0v) is 15.1. The first-order valence-electron chi connectivity index (χ1n) is 8.79. The van der Waals surface area contributed by atoms with E-state index in [4.69, 9.17) is 9.47 Å². The van der Waals surface area contributed by atoms with E-state index in [1.165, 1.54) is 0 Å². The van der Waals surface area contributed by atoms with Crippen molar-refractivity contribution in [1.29, 1.82) is 0 Å². The van der Waals surface area contributed by atoms with Crippen LogP contribution in [0.5, 0.6) is 11.5 Å². The molecule has 1 fully saturated rings. The Bertz CT molecular complexity index is 624. The zero-order valence-electron chi connectivity index (χ0n) is 15.1. The molecule has 0 heterocycles. The Morgan fingerprint density at radius 2 is 2.00 bits per heavy atom. The number of methoxy groups -OCH3 is 1. The van der Waals surface area contributed by atoms with E-state index in [2.05, 4.69) is 12.2 Å². The van der Waals surface area contributed by atoms with Gasteiger partial charge in [-0.15, -0.1) is 0 Å². The van der Waals surface area contributed by atoms with Gasteiger partial charge in [0.15, 0.2) is 11.5 Å². The van der Waals surface area contributed by atoms with E-state index in [1.807, 2.05) is 25.1 Å². The number of ether oxygens (including phenoxy) is 2. The van der Waals surface area contributed by atoms with Gasteiger partial charge in [-0.25, -0.2) is 0 Å². The maximum absolute atomic E-state index is 12.2. The molecule has 2 rings (SSSR count). The number of carboxylic acids is 1. The molecule has 6 heteroatoms. The second-order valence-corrected chi connectivity index (χ2v) is 6.55. The molecule has 0 aromatic heterocycles. The summed E-state index contributed by atoms with van der Waals surface area (Å²) in [5.74, 6) is -0.198. The van der Waals surface area contributed by atoms with E-state index in [0.717, 1.165) is 24.8 Å². The standard InChI is InChI=1S/C19H27NO5/c1-4-5-6-11-25-15-8-7-14(12-16(15)24-3)13(2)20-17(21)19(9-10-19)18(22)23/h7-8,12-13H,4-6,9-11H2,1-3H3,(H,20,21)(H,22,23). The molecular formula is C19H27NO5. The van der Waals surface area contributed by atoms with Crippen molar-refractivity contribution in [3.05, 3.63) is 23.8 Å². The third-order valence-electron chi connectivity index (χ3n) is 4.63. The predicted molar refractivity (Wildman–Crippen MR) is 93.9 cm³/mol. The van der Waals surface area contributed by atoms with Crippen LogP contribution in [0.2, 0.25) is 0 Å². The van der Waals surface area contributed by atoms with Gasteiger partial charge in [-0.2, -0.15) is 0 Å². The van der Waals surface area contributed by atoms with Crippen molar-refractivity contribution in [2.75, 3.05) is 13.7 Å². The summed E-state index contributed by atoms with van der Waals surface area (Å²) in [7, 11) is 1.57. The largest absolute Gasteiger partial charge is 0.493 e. The van der Waals surface area contributed by atoms with Crippen molar-refractivity contribution in [3.63, 3.8) is 0 Å². The molecule has 0 radical (unpaired) electrons. The van der Waals surface area contributed by atoms with Gasteiger partial charge in [0.1, 0.15) is 5.41 Å². The molecule has 0 aliphatic heterocycles. The maximum Gasteiger partial charge on any atom is 0.319 e. The van der Waals surface area contributed by atoms with Gasteiger partial charge in [0.25, 0.3) is 0 Å². The average molecular weight is 349 g/mol. The van der Waals surface area contributed by atoms with Crippen LogP contribution in [0.3, 0.4) is 0 Å². The number of carbonyl (C=O) groups is 2. The quantitative estimate of drug-likeness (QED) is 0.500. The molecule has 2 N–H and O–H groups in total. The Balaban J connectivity index is 2.01. The number of hydrogen-bond acceptors (Lipinski definition) is 4. The molecule has 1 saturated carbocycles. The number of amides is 1. The molecule has 1 aliphatic carbocycles. The van der Waals surface area contributed by atoms with Crippen LogP contribution in [-0.4, -0.2) is 30.7 Å². The summed E-state index contributed by atoms with van der Waals surface area (Å²) in [5, 5.41) is 12.0. The minimum atomic E-state index is -1.24. The average Bonchev–Trinajstić information content (AvgIpc) is 3.40. The van der Waals surface area contributed by atoms with E-state index in [1.54, 1.807) is 7.11 Å². The van der Waals surface area contributed by atoms with Gasteiger partial charge in [0.2, 0.25) is 5.91 Å². The van der Waals surface area contributed by atoms with Crippen LogP contribution in [0.1, 0.15) is 57.6 Å². The van der Waals surface area contributed by atoms with Crippen molar-refractivity contribution in [2.24, 2.45) is 5.41 Å². The molecule has 6 nitrogen and oxygen atoms in total. The van der Waals surface area contributed by atoms with Crippen molar-refractivity contribution in [1.82, 2.24) is 5.32 Å². The number of hydrogen-bond donors (Lipinski definition) is 2. The van der Waals surface area contributed by atoms with Crippen LogP contribution in [0, 0.1) is 5.41 Å². The van der Waals surface area contributed by atoms with Crippen LogP contribution >= 0.6 is 0 Å². The first-order chi connectivity index (χ1) is 11.9. The van der Waals surface area contributed by atoms with Crippen molar-refractivity contribution < 1.29 is 24.2 Å². The van der Waals surface area contributed by atoms with Crippen LogP contribution in [0.15, 0.2) is 18.2 Å². The third-order valence-corrected chi connectivity index (χ3v) is 4.63. The lowest BCUT2D eigenvalue weighted by atomic mass is 10.0.